The third-order valence-electron chi connectivity index (χ3n) is 3.81. The van der Waals surface area contributed by atoms with E-state index in [2.05, 4.69) is 4.90 Å². The lowest BCUT2D eigenvalue weighted by Crippen LogP contribution is -2.67. The number of piperidine rings is 1. The third kappa shape index (κ3) is 1.39. The molecule has 2 aliphatic heterocycles. The van der Waals surface area contributed by atoms with Crippen molar-refractivity contribution in [2.45, 2.75) is 43.9 Å². The molecule has 2 rings (SSSR count). The molecule has 0 aliphatic carbocycles. The zero-order valence-electron chi connectivity index (χ0n) is 8.99. The van der Waals surface area contributed by atoms with Crippen molar-refractivity contribution in [3.8, 4) is 0 Å². The maximum absolute atomic E-state index is 11.6. The summed E-state index contributed by atoms with van der Waals surface area (Å²) in [5.41, 5.74) is 0. The predicted molar refractivity (Wildman–Crippen MR) is 57.1 cm³/mol. The average Bonchev–Trinajstić information content (AvgIpc) is 2.16. The van der Waals surface area contributed by atoms with E-state index in [0.29, 0.717) is 5.75 Å². The second-order valence-electron chi connectivity index (χ2n) is 5.00. The van der Waals surface area contributed by atoms with Gasteiger partial charge in [-0.2, -0.15) is 0 Å². The maximum Gasteiger partial charge on any atom is 0.158 e. The van der Waals surface area contributed by atoms with Gasteiger partial charge in [0.15, 0.2) is 9.84 Å². The van der Waals surface area contributed by atoms with E-state index in [4.69, 9.17) is 0 Å². The fraction of sp³-hybridized carbons (Fsp3) is 1.00. The smallest absolute Gasteiger partial charge is 0.158 e. The van der Waals surface area contributed by atoms with Gasteiger partial charge in [0.2, 0.25) is 0 Å². The molecule has 3 nitrogen and oxygen atoms in total. The molecule has 0 amide bonds. The van der Waals surface area contributed by atoms with Gasteiger partial charge in [0.25, 0.3) is 0 Å². The van der Waals surface area contributed by atoms with Crippen molar-refractivity contribution in [1.82, 2.24) is 4.90 Å². The summed E-state index contributed by atoms with van der Waals surface area (Å²) in [6, 6.07) is 0.271. The number of hydrogen-bond donors (Lipinski definition) is 0. The minimum atomic E-state index is -2.80. The summed E-state index contributed by atoms with van der Waals surface area (Å²) in [4.78, 5) is 2.37. The summed E-state index contributed by atoms with van der Waals surface area (Å²) in [6.45, 7) is 5.91. The van der Waals surface area contributed by atoms with Crippen LogP contribution in [0.2, 0.25) is 0 Å². The molecular formula is C10H19NO2S. The zero-order valence-corrected chi connectivity index (χ0v) is 9.81. The molecule has 82 valence electrons. The van der Waals surface area contributed by atoms with Crippen LogP contribution in [-0.2, 0) is 9.84 Å². The van der Waals surface area contributed by atoms with Gasteiger partial charge in [-0.25, -0.2) is 8.42 Å². The number of hydrogen-bond acceptors (Lipinski definition) is 3. The second kappa shape index (κ2) is 3.20. The Kier molecular flexibility index (Phi) is 2.39. The van der Waals surface area contributed by atoms with Crippen LogP contribution < -0.4 is 0 Å². The van der Waals surface area contributed by atoms with E-state index in [9.17, 15) is 8.42 Å². The van der Waals surface area contributed by atoms with Crippen molar-refractivity contribution in [1.29, 1.82) is 0 Å². The fourth-order valence-electron chi connectivity index (χ4n) is 2.51. The molecule has 0 bridgehead atoms. The van der Waals surface area contributed by atoms with Gasteiger partial charge in [0, 0.05) is 6.04 Å². The lowest BCUT2D eigenvalue weighted by molar-refractivity contribution is 0.134. The number of nitrogens with zero attached hydrogens (tertiary/aromatic N) is 1. The Bertz CT molecular complexity index is 315. The molecular weight excluding hydrogens is 198 g/mol. The molecule has 0 radical (unpaired) electrons. The predicted octanol–water partition coefficient (Wildman–Crippen LogP) is 1.05. The number of sulfone groups is 1. The van der Waals surface area contributed by atoms with Crippen molar-refractivity contribution >= 4 is 9.84 Å². The van der Waals surface area contributed by atoms with Gasteiger partial charge in [-0.3, -0.25) is 4.90 Å². The average molecular weight is 217 g/mol. The van der Waals surface area contributed by atoms with Crippen LogP contribution in [0.15, 0.2) is 0 Å². The highest BCUT2D eigenvalue weighted by Crippen LogP contribution is 2.38. The van der Waals surface area contributed by atoms with Crippen LogP contribution in [0.25, 0.3) is 0 Å². The van der Waals surface area contributed by atoms with Crippen LogP contribution in [0.5, 0.6) is 0 Å². The summed E-state index contributed by atoms with van der Waals surface area (Å²) < 4.78 is 22.6. The minimum absolute atomic E-state index is 0.271. The molecule has 2 fully saturated rings. The van der Waals surface area contributed by atoms with E-state index in [1.165, 1.54) is 19.3 Å². The van der Waals surface area contributed by atoms with Gasteiger partial charge in [-0.05, 0) is 39.8 Å². The van der Waals surface area contributed by atoms with Crippen molar-refractivity contribution < 1.29 is 8.42 Å². The summed E-state index contributed by atoms with van der Waals surface area (Å²) in [7, 11) is -2.80. The first-order chi connectivity index (χ1) is 6.45. The monoisotopic (exact) mass is 217 g/mol. The summed E-state index contributed by atoms with van der Waals surface area (Å²) in [5, 5.41) is 0. The molecule has 2 saturated heterocycles. The van der Waals surface area contributed by atoms with Crippen LogP contribution >= 0.6 is 0 Å². The highest BCUT2D eigenvalue weighted by Gasteiger charge is 2.55. The van der Waals surface area contributed by atoms with Crippen LogP contribution in [-0.4, -0.2) is 42.9 Å². The van der Waals surface area contributed by atoms with Crippen molar-refractivity contribution in [3.63, 3.8) is 0 Å². The number of rotatable bonds is 1. The lowest BCUT2D eigenvalue weighted by atomic mass is 9.99. The van der Waals surface area contributed by atoms with Gasteiger partial charge in [0.05, 0.1) is 10.5 Å². The Morgan fingerprint density at radius 2 is 1.71 bits per heavy atom. The molecule has 0 aromatic rings. The number of likely N-dealkylation sites (tertiary alicyclic amines) is 1. The first-order valence-electron chi connectivity index (χ1n) is 5.41. The normalized spacial score (nSPS) is 36.3. The largest absolute Gasteiger partial charge is 0.298 e. The maximum atomic E-state index is 11.6. The first-order valence-corrected chi connectivity index (χ1v) is 7.07. The topological polar surface area (TPSA) is 37.4 Å². The van der Waals surface area contributed by atoms with E-state index in [1.807, 2.05) is 13.8 Å². The van der Waals surface area contributed by atoms with E-state index < -0.39 is 14.6 Å². The fourth-order valence-corrected chi connectivity index (χ4v) is 4.33. The van der Waals surface area contributed by atoms with Crippen LogP contribution in [0.4, 0.5) is 0 Å². The van der Waals surface area contributed by atoms with Crippen LogP contribution in [0.3, 0.4) is 0 Å². The van der Waals surface area contributed by atoms with Gasteiger partial charge in [0.1, 0.15) is 0 Å². The van der Waals surface area contributed by atoms with Crippen molar-refractivity contribution in [2.75, 3.05) is 18.8 Å². The molecule has 0 saturated carbocycles. The third-order valence-corrected chi connectivity index (χ3v) is 6.44. The van der Waals surface area contributed by atoms with E-state index in [0.717, 1.165) is 13.1 Å². The van der Waals surface area contributed by atoms with E-state index >= 15 is 0 Å². The van der Waals surface area contributed by atoms with Gasteiger partial charge in [-0.15, -0.1) is 0 Å². The summed E-state index contributed by atoms with van der Waals surface area (Å²) in [6.07, 6.45) is 3.76. The van der Waals surface area contributed by atoms with Crippen molar-refractivity contribution in [2.24, 2.45) is 0 Å². The van der Waals surface area contributed by atoms with Crippen LogP contribution in [0.1, 0.15) is 33.1 Å². The SMILES string of the molecule is CC1(C)[C@@H](N2CCCCC2)CS1(=O)=O. The summed E-state index contributed by atoms with van der Waals surface area (Å²) >= 11 is 0. The molecule has 4 heteroatoms. The Morgan fingerprint density at radius 3 is 2.14 bits per heavy atom. The van der Waals surface area contributed by atoms with Crippen LogP contribution in [0, 0.1) is 0 Å². The zero-order chi connectivity index (χ0) is 10.4. The minimum Gasteiger partial charge on any atom is -0.298 e. The Balaban J connectivity index is 2.08. The Labute approximate surface area is 86.4 Å². The molecule has 1 atom stereocenters. The molecule has 2 heterocycles. The molecule has 0 aromatic carbocycles. The molecule has 0 N–H and O–H groups in total. The van der Waals surface area contributed by atoms with E-state index in [-0.39, 0.29) is 6.04 Å². The van der Waals surface area contributed by atoms with Gasteiger partial charge in [-0.1, -0.05) is 6.42 Å². The van der Waals surface area contributed by atoms with E-state index in [1.54, 1.807) is 0 Å². The van der Waals surface area contributed by atoms with Gasteiger partial charge >= 0.3 is 0 Å². The molecule has 0 unspecified atom stereocenters. The quantitative estimate of drug-likeness (QED) is 0.659. The Morgan fingerprint density at radius 1 is 1.14 bits per heavy atom. The highest BCUT2D eigenvalue weighted by molar-refractivity contribution is 7.94. The van der Waals surface area contributed by atoms with Gasteiger partial charge < -0.3 is 0 Å². The standard InChI is InChI=1S/C10H19NO2S/c1-10(2)9(8-14(10,12)13)11-6-4-3-5-7-11/h9H,3-8H2,1-2H3/t9-/m0/s1. The summed E-state index contributed by atoms with van der Waals surface area (Å²) in [5.74, 6) is 0.375. The first kappa shape index (κ1) is 10.4. The lowest BCUT2D eigenvalue weighted by Gasteiger charge is -2.50. The molecule has 0 spiro atoms. The Hall–Kier alpha value is -0.0900. The van der Waals surface area contributed by atoms with Crippen molar-refractivity contribution in [3.05, 3.63) is 0 Å². The molecule has 0 aromatic heterocycles. The molecule has 2 aliphatic rings. The molecule has 14 heavy (non-hydrogen) atoms. The second-order valence-corrected chi connectivity index (χ2v) is 7.61. The highest BCUT2D eigenvalue weighted by atomic mass is 32.2.